The molecule has 0 radical (unpaired) electrons. The topological polar surface area (TPSA) is 51.0 Å². The number of nitrogens with zero attached hydrogens (tertiary/aromatic N) is 2. The highest BCUT2D eigenvalue weighted by molar-refractivity contribution is 6.30. The van der Waals surface area contributed by atoms with Gasteiger partial charge in [-0.05, 0) is 43.6 Å². The van der Waals surface area contributed by atoms with Crippen LogP contribution in [0.15, 0.2) is 28.7 Å². The number of aromatic nitrogens is 2. The Labute approximate surface area is 124 Å². The minimum atomic E-state index is 0.627. The maximum absolute atomic E-state index is 5.95. The predicted octanol–water partition coefficient (Wildman–Crippen LogP) is 3.25. The molecular formula is C15H20ClN3O. The molecule has 1 aromatic carbocycles. The van der Waals surface area contributed by atoms with Crippen molar-refractivity contribution in [3.63, 3.8) is 0 Å². The van der Waals surface area contributed by atoms with Gasteiger partial charge in [0.25, 0.3) is 0 Å². The molecule has 0 saturated carbocycles. The maximum Gasteiger partial charge on any atom is 0.220 e. The van der Waals surface area contributed by atoms with Crippen LogP contribution in [0.4, 0.5) is 0 Å². The van der Waals surface area contributed by atoms with Crippen molar-refractivity contribution >= 4 is 11.6 Å². The summed E-state index contributed by atoms with van der Waals surface area (Å²) in [7, 11) is 0. The van der Waals surface area contributed by atoms with E-state index in [0.717, 1.165) is 42.9 Å². The molecule has 0 aliphatic heterocycles. The molecule has 1 N–H and O–H groups in total. The number of rotatable bonds is 8. The van der Waals surface area contributed by atoms with E-state index in [2.05, 4.69) is 22.4 Å². The summed E-state index contributed by atoms with van der Waals surface area (Å²) in [5.74, 6) is 1.35. The Morgan fingerprint density at radius 3 is 2.85 bits per heavy atom. The fraction of sp³-hybridized carbons (Fsp3) is 0.467. The van der Waals surface area contributed by atoms with Crippen molar-refractivity contribution in [1.29, 1.82) is 0 Å². The summed E-state index contributed by atoms with van der Waals surface area (Å²) in [5, 5.41) is 12.2. The highest BCUT2D eigenvalue weighted by atomic mass is 35.5. The van der Waals surface area contributed by atoms with Gasteiger partial charge in [0.05, 0.1) is 6.42 Å². The van der Waals surface area contributed by atoms with E-state index in [1.165, 1.54) is 0 Å². The molecule has 0 spiro atoms. The number of aryl methyl sites for hydroxylation is 1. The molecule has 0 aliphatic rings. The molecule has 2 rings (SSSR count). The molecule has 2 aromatic rings. The standard InChI is InChI=1S/C15H20ClN3O/c1-2-8-17-9-4-7-14-18-19-15(20-14)11-12-5-3-6-13(16)10-12/h3,5-6,10,17H,2,4,7-9,11H2,1H3. The molecule has 0 fully saturated rings. The zero-order valence-corrected chi connectivity index (χ0v) is 12.5. The molecule has 0 bridgehead atoms. The van der Waals surface area contributed by atoms with E-state index >= 15 is 0 Å². The zero-order chi connectivity index (χ0) is 14.2. The number of nitrogens with one attached hydrogen (secondary N) is 1. The Hall–Kier alpha value is -1.39. The Morgan fingerprint density at radius 2 is 2.05 bits per heavy atom. The second-order valence-corrected chi connectivity index (χ2v) is 5.19. The van der Waals surface area contributed by atoms with Crippen LogP contribution in [0, 0.1) is 0 Å². The van der Waals surface area contributed by atoms with E-state index in [1.807, 2.05) is 24.3 Å². The van der Waals surface area contributed by atoms with Gasteiger partial charge in [0.15, 0.2) is 0 Å². The Balaban J connectivity index is 1.80. The number of benzene rings is 1. The summed E-state index contributed by atoms with van der Waals surface area (Å²) in [6, 6.07) is 7.70. The Bertz CT molecular complexity index is 527. The SMILES string of the molecule is CCCNCCCc1nnc(Cc2cccc(Cl)c2)o1. The van der Waals surface area contributed by atoms with Crippen molar-refractivity contribution in [3.05, 3.63) is 46.6 Å². The first-order valence-corrected chi connectivity index (χ1v) is 7.42. The van der Waals surface area contributed by atoms with Crippen molar-refractivity contribution in [1.82, 2.24) is 15.5 Å². The van der Waals surface area contributed by atoms with Crippen LogP contribution >= 0.6 is 11.6 Å². The van der Waals surface area contributed by atoms with Crippen molar-refractivity contribution < 1.29 is 4.42 Å². The molecule has 0 unspecified atom stereocenters. The van der Waals surface area contributed by atoms with Gasteiger partial charge in [0, 0.05) is 11.4 Å². The third-order valence-corrected chi connectivity index (χ3v) is 3.16. The summed E-state index contributed by atoms with van der Waals surface area (Å²) in [6.07, 6.45) is 3.62. The van der Waals surface area contributed by atoms with E-state index in [0.29, 0.717) is 18.2 Å². The minimum Gasteiger partial charge on any atom is -0.425 e. The van der Waals surface area contributed by atoms with E-state index in [-0.39, 0.29) is 0 Å². The molecular weight excluding hydrogens is 274 g/mol. The number of halogens is 1. The lowest BCUT2D eigenvalue weighted by atomic mass is 10.1. The summed E-state index contributed by atoms with van der Waals surface area (Å²) in [5.41, 5.74) is 1.08. The van der Waals surface area contributed by atoms with Crippen LogP contribution in [-0.2, 0) is 12.8 Å². The first-order valence-electron chi connectivity index (χ1n) is 7.04. The lowest BCUT2D eigenvalue weighted by molar-refractivity contribution is 0.449. The molecule has 0 aliphatic carbocycles. The van der Waals surface area contributed by atoms with Gasteiger partial charge < -0.3 is 9.73 Å². The fourth-order valence-electron chi connectivity index (χ4n) is 1.95. The van der Waals surface area contributed by atoms with Gasteiger partial charge in [-0.25, -0.2) is 0 Å². The van der Waals surface area contributed by atoms with Gasteiger partial charge in [0.1, 0.15) is 0 Å². The molecule has 20 heavy (non-hydrogen) atoms. The molecule has 0 atom stereocenters. The fourth-order valence-corrected chi connectivity index (χ4v) is 2.16. The minimum absolute atomic E-state index is 0.627. The van der Waals surface area contributed by atoms with Crippen molar-refractivity contribution in [2.75, 3.05) is 13.1 Å². The third-order valence-electron chi connectivity index (χ3n) is 2.92. The highest BCUT2D eigenvalue weighted by Crippen LogP contribution is 2.14. The second-order valence-electron chi connectivity index (χ2n) is 4.75. The first kappa shape index (κ1) is 15.0. The third kappa shape index (κ3) is 4.94. The lowest BCUT2D eigenvalue weighted by Crippen LogP contribution is -2.16. The molecule has 0 saturated heterocycles. The molecule has 5 heteroatoms. The van der Waals surface area contributed by atoms with Gasteiger partial charge in [0.2, 0.25) is 11.8 Å². The maximum atomic E-state index is 5.95. The molecule has 4 nitrogen and oxygen atoms in total. The van der Waals surface area contributed by atoms with Crippen LogP contribution in [0.2, 0.25) is 5.02 Å². The quantitative estimate of drug-likeness (QED) is 0.759. The molecule has 108 valence electrons. The second kappa shape index (κ2) is 8.02. The summed E-state index contributed by atoms with van der Waals surface area (Å²) in [6.45, 7) is 4.21. The molecule has 1 heterocycles. The zero-order valence-electron chi connectivity index (χ0n) is 11.7. The lowest BCUT2D eigenvalue weighted by Gasteiger charge is -2.00. The van der Waals surface area contributed by atoms with E-state index in [9.17, 15) is 0 Å². The first-order chi connectivity index (χ1) is 9.78. The van der Waals surface area contributed by atoms with Gasteiger partial charge in [-0.2, -0.15) is 0 Å². The molecule has 0 amide bonds. The average Bonchev–Trinajstić information content (AvgIpc) is 2.86. The van der Waals surface area contributed by atoms with Gasteiger partial charge in [-0.3, -0.25) is 0 Å². The van der Waals surface area contributed by atoms with Crippen molar-refractivity contribution in [2.24, 2.45) is 0 Å². The van der Waals surface area contributed by atoms with Gasteiger partial charge in [-0.15, -0.1) is 10.2 Å². The number of hydrogen-bond acceptors (Lipinski definition) is 4. The van der Waals surface area contributed by atoms with Crippen molar-refractivity contribution in [2.45, 2.75) is 32.6 Å². The van der Waals surface area contributed by atoms with E-state index in [4.69, 9.17) is 16.0 Å². The van der Waals surface area contributed by atoms with E-state index < -0.39 is 0 Å². The van der Waals surface area contributed by atoms with Gasteiger partial charge in [-0.1, -0.05) is 30.7 Å². The Morgan fingerprint density at radius 1 is 1.20 bits per heavy atom. The van der Waals surface area contributed by atoms with Crippen LogP contribution in [0.5, 0.6) is 0 Å². The number of hydrogen-bond donors (Lipinski definition) is 1. The summed E-state index contributed by atoms with van der Waals surface area (Å²) < 4.78 is 5.64. The van der Waals surface area contributed by atoms with Gasteiger partial charge >= 0.3 is 0 Å². The largest absolute Gasteiger partial charge is 0.425 e. The predicted molar refractivity (Wildman–Crippen MR) is 80.0 cm³/mol. The highest BCUT2D eigenvalue weighted by Gasteiger charge is 2.07. The van der Waals surface area contributed by atoms with Crippen LogP contribution < -0.4 is 5.32 Å². The summed E-state index contributed by atoms with van der Waals surface area (Å²) >= 11 is 5.95. The normalized spacial score (nSPS) is 10.9. The monoisotopic (exact) mass is 293 g/mol. The summed E-state index contributed by atoms with van der Waals surface area (Å²) in [4.78, 5) is 0. The van der Waals surface area contributed by atoms with Crippen molar-refractivity contribution in [3.8, 4) is 0 Å². The van der Waals surface area contributed by atoms with Crippen LogP contribution in [0.1, 0.15) is 37.1 Å². The average molecular weight is 294 g/mol. The molecule has 1 aromatic heterocycles. The smallest absolute Gasteiger partial charge is 0.220 e. The van der Waals surface area contributed by atoms with E-state index in [1.54, 1.807) is 0 Å². The van der Waals surface area contributed by atoms with Crippen LogP contribution in [0.25, 0.3) is 0 Å². The van der Waals surface area contributed by atoms with Crippen LogP contribution in [0.3, 0.4) is 0 Å². The van der Waals surface area contributed by atoms with Crippen LogP contribution in [-0.4, -0.2) is 23.3 Å². The Kier molecular flexibility index (Phi) is 6.02.